The normalized spacial score (nSPS) is 45.3. The second kappa shape index (κ2) is 27.8. The van der Waals surface area contributed by atoms with Crippen molar-refractivity contribution < 1.29 is 124 Å². The van der Waals surface area contributed by atoms with Crippen LogP contribution in [0.5, 0.6) is 0 Å². The van der Waals surface area contributed by atoms with Crippen molar-refractivity contribution in [3.63, 3.8) is 0 Å². The Kier molecular flexibility index (Phi) is 24.8. The largest absolute Gasteiger partial charge is 0.479 e. The first-order chi connectivity index (χ1) is 34.6. The molecule has 14 N–H and O–H groups in total. The van der Waals surface area contributed by atoms with Gasteiger partial charge in [0.15, 0.2) is 25.0 Å². The first kappa shape index (κ1) is 67.0. The number of rotatable bonds is 15. The first-order valence-corrected chi connectivity index (χ1v) is 25.5. The van der Waals surface area contributed by atoms with Gasteiger partial charge in [-0.2, -0.15) is 0 Å². The zero-order chi connectivity index (χ0) is 57.6. The number of ether oxygens (including phenoxy) is 8. The molecule has 0 amide bonds. The lowest BCUT2D eigenvalue weighted by atomic mass is 9.74. The first-order valence-electron chi connectivity index (χ1n) is 25.5. The van der Waals surface area contributed by atoms with E-state index in [1.165, 1.54) is 27.9 Å². The lowest BCUT2D eigenvalue weighted by Gasteiger charge is -2.49. The van der Waals surface area contributed by atoms with Crippen LogP contribution in [0.1, 0.15) is 94.9 Å². The predicted octanol–water partition coefficient (Wildman–Crippen LogP) is -3.88. The van der Waals surface area contributed by atoms with Crippen molar-refractivity contribution in [2.75, 3.05) is 34.4 Å². The number of esters is 1. The predicted molar refractivity (Wildman–Crippen MR) is 258 cm³/mol. The van der Waals surface area contributed by atoms with E-state index in [-0.39, 0.29) is 31.4 Å². The Morgan fingerprint density at radius 1 is 0.800 bits per heavy atom. The van der Waals surface area contributed by atoms with Crippen LogP contribution < -0.4 is 0 Å². The molecule has 0 aromatic heterocycles. The monoisotopic (exact) mass is 1090 g/mol. The molecule has 27 atom stereocenters. The number of methoxy groups -OCH3 is 1. The third kappa shape index (κ3) is 15.8. The molecule has 26 heteroatoms. The average molecular weight is 1090 g/mol. The Bertz CT molecular complexity index is 1790. The number of carbonyl (C=O) groups excluding carboxylic acids is 2. The summed E-state index contributed by atoms with van der Waals surface area (Å²) in [6.07, 6.45) is -26.6. The fourth-order valence-electron chi connectivity index (χ4n) is 10.6. The minimum atomic E-state index is -2.39. The van der Waals surface area contributed by atoms with Crippen LogP contribution >= 0.6 is 0 Å². The van der Waals surface area contributed by atoms with Gasteiger partial charge in [0, 0.05) is 37.3 Å². The number of hydrogen-bond donors (Lipinski definition) is 14. The number of carbonyl (C=O) groups is 3. The molecule has 26 nitrogen and oxygen atoms in total. The van der Waals surface area contributed by atoms with Gasteiger partial charge in [-0.3, -0.25) is 9.59 Å². The Labute approximate surface area is 438 Å². The molecule has 4 heterocycles. The summed E-state index contributed by atoms with van der Waals surface area (Å²) in [6, 6.07) is -0.324. The van der Waals surface area contributed by atoms with E-state index in [4.69, 9.17) is 53.2 Å². The minimum Gasteiger partial charge on any atom is -0.479 e. The number of carboxylic acids is 1. The third-order valence-corrected chi connectivity index (χ3v) is 15.4. The quantitative estimate of drug-likeness (QED) is 0.0698. The molecule has 0 saturated carbocycles. The number of aliphatic hydroxyl groups excluding tert-OH is 11. The number of hydrogen-bond acceptors (Lipinski definition) is 25. The maximum atomic E-state index is 14.1. The molecule has 4 aliphatic rings. The van der Waals surface area contributed by atoms with Gasteiger partial charge in [-0.15, -0.1) is 0 Å². The molecule has 0 aromatic rings. The van der Waals surface area contributed by atoms with E-state index in [9.17, 15) is 70.6 Å². The summed E-state index contributed by atoms with van der Waals surface area (Å²) in [5.41, 5.74) is -4.84. The van der Waals surface area contributed by atoms with Crippen molar-refractivity contribution in [2.24, 2.45) is 23.7 Å². The lowest BCUT2D eigenvalue weighted by Crippen LogP contribution is -2.61. The van der Waals surface area contributed by atoms with E-state index in [1.54, 1.807) is 41.5 Å². The zero-order valence-corrected chi connectivity index (χ0v) is 45.3. The molecule has 4 rings (SSSR count). The van der Waals surface area contributed by atoms with Crippen LogP contribution in [0.2, 0.25) is 0 Å². The van der Waals surface area contributed by atoms with E-state index < -0.39 is 182 Å². The molecule has 4 aliphatic heterocycles. The van der Waals surface area contributed by atoms with Crippen molar-refractivity contribution in [2.45, 2.75) is 234 Å². The van der Waals surface area contributed by atoms with Gasteiger partial charge in [0.05, 0.1) is 60.9 Å². The smallest absolute Gasteiger partial charge is 0.335 e. The fraction of sp³-hybridized carbons (Fsp3) is 0.939. The molecule has 27 unspecified atom stereocenters. The molecule has 0 spiro atoms. The Balaban J connectivity index is 0.000000516. The molecule has 0 aromatic carbocycles. The maximum absolute atomic E-state index is 14.1. The van der Waals surface area contributed by atoms with Gasteiger partial charge in [-0.1, -0.05) is 27.7 Å². The van der Waals surface area contributed by atoms with Crippen LogP contribution in [0.25, 0.3) is 0 Å². The van der Waals surface area contributed by atoms with E-state index in [2.05, 4.69) is 0 Å². The summed E-state index contributed by atoms with van der Waals surface area (Å²) in [7, 11) is 5.18. The Morgan fingerprint density at radius 3 is 1.92 bits per heavy atom. The van der Waals surface area contributed by atoms with Crippen molar-refractivity contribution in [3.05, 3.63) is 0 Å². The number of nitrogens with zero attached hydrogens (tertiary/aromatic N) is 1. The van der Waals surface area contributed by atoms with Crippen LogP contribution in [-0.2, 0) is 52.3 Å². The van der Waals surface area contributed by atoms with Crippen molar-refractivity contribution in [1.82, 2.24) is 4.90 Å². The Hall–Kier alpha value is -2.23. The maximum Gasteiger partial charge on any atom is 0.335 e. The van der Waals surface area contributed by atoms with Crippen LogP contribution in [-0.4, -0.2) is 268 Å². The number of Topliss-reactive ketones (excluding diaryl/α,β-unsaturated/α-hetero) is 1. The second-order valence-electron chi connectivity index (χ2n) is 21.8. The van der Waals surface area contributed by atoms with Gasteiger partial charge in [-0.05, 0) is 74.9 Å². The van der Waals surface area contributed by atoms with E-state index in [0.29, 0.717) is 6.42 Å². The average Bonchev–Trinajstić information content (AvgIpc) is 3.35. The SMILES string of the molecule is CCC1OC(=O)C(C)C(OC2CC(C)(OC)C(O)C(C)O2)C(C)C(OC2OC(C)CC(N(C)C)C2O)C(C)(O)CC(C)C(=O)C(C)C(O)C1(C)O.O=C(O)C(O)C(O)C(OC1OC(CO)C(O)C(O)C1O)C(O)CO. The number of ketones is 1. The fourth-order valence-corrected chi connectivity index (χ4v) is 10.6. The summed E-state index contributed by atoms with van der Waals surface area (Å²) in [5, 5.41) is 142. The number of carboxylic acid groups (broad SMARTS) is 1. The molecule has 75 heavy (non-hydrogen) atoms. The van der Waals surface area contributed by atoms with Gasteiger partial charge < -0.3 is 114 Å². The van der Waals surface area contributed by atoms with E-state index in [0.717, 1.165) is 0 Å². The number of likely N-dealkylation sites (N-methyl/N-ethyl adjacent to an activating group) is 1. The van der Waals surface area contributed by atoms with E-state index in [1.807, 2.05) is 25.9 Å². The van der Waals surface area contributed by atoms with Crippen molar-refractivity contribution >= 4 is 17.7 Å². The van der Waals surface area contributed by atoms with Crippen LogP contribution in [0.15, 0.2) is 0 Å². The molecular formula is C49H89NO25. The standard InChI is InChI=1S/C37H67NO13.C12H22O12/c1-14-25-37(10,45)30(41)20(4)27(39)18(2)16-35(8,44)32(51-34-28(40)24(38(11)12)15-19(3)47-34)21(5)29(22(6)33(43)49-25)50-26-17-36(9,46-13)31(42)23(7)48-26;13-1-3(15)10(7(18)8(19)11(21)22)24-12-9(20)6(17)5(16)4(2-14)23-12/h18-26,28-32,34,40-42,44-45H,14-17H2,1-13H3;3-10,12-20H,1-2H2,(H,21,22). The van der Waals surface area contributed by atoms with Gasteiger partial charge in [0.2, 0.25) is 0 Å². The molecule has 440 valence electrons. The van der Waals surface area contributed by atoms with Crippen molar-refractivity contribution in [1.29, 1.82) is 0 Å². The number of cyclic esters (lactones) is 1. The third-order valence-electron chi connectivity index (χ3n) is 15.4. The van der Waals surface area contributed by atoms with Crippen LogP contribution in [0.3, 0.4) is 0 Å². The highest BCUT2D eigenvalue weighted by atomic mass is 16.7. The highest BCUT2D eigenvalue weighted by Gasteiger charge is 2.54. The molecule has 4 saturated heterocycles. The summed E-state index contributed by atoms with van der Waals surface area (Å²) in [4.78, 5) is 40.5. The zero-order valence-electron chi connectivity index (χ0n) is 45.3. The molecule has 0 radical (unpaired) electrons. The second-order valence-corrected chi connectivity index (χ2v) is 21.8. The lowest BCUT2D eigenvalue weighted by molar-refractivity contribution is -0.326. The molecule has 4 fully saturated rings. The number of aliphatic carboxylic acids is 1. The summed E-state index contributed by atoms with van der Waals surface area (Å²) in [6.45, 7) is 14.6. The molecular weight excluding hydrogens is 1000 g/mol. The van der Waals surface area contributed by atoms with E-state index >= 15 is 0 Å². The topological polar surface area (TPSA) is 412 Å². The van der Waals surface area contributed by atoms with Crippen LogP contribution in [0.4, 0.5) is 0 Å². The summed E-state index contributed by atoms with van der Waals surface area (Å²) >= 11 is 0. The highest BCUT2D eigenvalue weighted by Crippen LogP contribution is 2.41. The van der Waals surface area contributed by atoms with Crippen LogP contribution in [0, 0.1) is 23.7 Å². The highest BCUT2D eigenvalue weighted by molar-refractivity contribution is 5.83. The molecule has 0 aliphatic carbocycles. The summed E-state index contributed by atoms with van der Waals surface area (Å²) in [5.74, 6) is -6.81. The van der Waals surface area contributed by atoms with Gasteiger partial charge in [0.25, 0.3) is 0 Å². The van der Waals surface area contributed by atoms with Gasteiger partial charge in [-0.25, -0.2) is 4.79 Å². The summed E-state index contributed by atoms with van der Waals surface area (Å²) < 4.78 is 47.0. The molecule has 0 bridgehead atoms. The van der Waals surface area contributed by atoms with Gasteiger partial charge >= 0.3 is 11.9 Å². The minimum absolute atomic E-state index is 0.0936. The number of aliphatic hydroxyl groups is 13. The Morgan fingerprint density at radius 2 is 1.40 bits per heavy atom. The van der Waals surface area contributed by atoms with Gasteiger partial charge in [0.1, 0.15) is 72.4 Å². The van der Waals surface area contributed by atoms with Crippen molar-refractivity contribution in [3.8, 4) is 0 Å².